The van der Waals surface area contributed by atoms with Crippen molar-refractivity contribution in [1.29, 1.82) is 0 Å². The van der Waals surface area contributed by atoms with Gasteiger partial charge < -0.3 is 15.3 Å². The number of benzene rings is 3. The molecule has 3 aromatic rings. The van der Waals surface area contributed by atoms with Crippen molar-refractivity contribution in [2.75, 3.05) is 23.3 Å². The molecule has 2 N–H and O–H groups in total. The molecule has 1 saturated heterocycles. The lowest BCUT2D eigenvalue weighted by molar-refractivity contribution is 0.0698. The normalized spacial score (nSPS) is 15.7. The van der Waals surface area contributed by atoms with Crippen LogP contribution in [0, 0.1) is 13.8 Å². The summed E-state index contributed by atoms with van der Waals surface area (Å²) in [5, 5.41) is 12.5. The molecule has 1 heterocycles. The summed E-state index contributed by atoms with van der Waals surface area (Å²) < 4.78 is 0. The van der Waals surface area contributed by atoms with E-state index in [0.29, 0.717) is 17.2 Å². The maximum absolute atomic E-state index is 12.6. The molecule has 1 atom stereocenters. The zero-order valence-corrected chi connectivity index (χ0v) is 17.8. The number of carbonyl (C=O) groups is 2. The minimum absolute atomic E-state index is 0.0949. The summed E-state index contributed by atoms with van der Waals surface area (Å²) in [6.07, 6.45) is 1.03. The smallest absolute Gasteiger partial charge is 0.337 e. The molecule has 1 unspecified atom stereocenters. The maximum Gasteiger partial charge on any atom is 0.337 e. The fourth-order valence-electron chi connectivity index (χ4n) is 4.19. The zero-order chi connectivity index (χ0) is 22.0. The molecule has 1 amide bonds. The summed E-state index contributed by atoms with van der Waals surface area (Å²) >= 11 is 0. The van der Waals surface area contributed by atoms with Gasteiger partial charge in [0.25, 0.3) is 5.91 Å². The number of carboxylic acids is 1. The number of rotatable bonds is 5. The maximum atomic E-state index is 12.6. The second-order valence-corrected chi connectivity index (χ2v) is 8.20. The third-order valence-corrected chi connectivity index (χ3v) is 5.83. The topological polar surface area (TPSA) is 69.6 Å². The van der Waals surface area contributed by atoms with Gasteiger partial charge in [0.2, 0.25) is 0 Å². The lowest BCUT2D eigenvalue weighted by Gasteiger charge is -2.20. The lowest BCUT2D eigenvalue weighted by atomic mass is 9.97. The lowest BCUT2D eigenvalue weighted by Crippen LogP contribution is -2.20. The van der Waals surface area contributed by atoms with Crippen molar-refractivity contribution in [2.24, 2.45) is 0 Å². The molecule has 0 spiro atoms. The highest BCUT2D eigenvalue weighted by atomic mass is 16.4. The van der Waals surface area contributed by atoms with E-state index in [-0.39, 0.29) is 11.5 Å². The number of aryl methyl sites for hydroxylation is 2. The first-order chi connectivity index (χ1) is 14.9. The first kappa shape index (κ1) is 20.7. The molecule has 31 heavy (non-hydrogen) atoms. The number of hydrogen-bond acceptors (Lipinski definition) is 3. The Bertz CT molecular complexity index is 1140. The van der Waals surface area contributed by atoms with Gasteiger partial charge in [0.1, 0.15) is 0 Å². The summed E-state index contributed by atoms with van der Waals surface area (Å²) in [7, 11) is 0. The number of carboxylic acid groups (broad SMARTS) is 1. The molecule has 0 saturated carbocycles. The van der Waals surface area contributed by atoms with Gasteiger partial charge in [0.05, 0.1) is 11.3 Å². The van der Waals surface area contributed by atoms with Crippen LogP contribution in [0.3, 0.4) is 0 Å². The van der Waals surface area contributed by atoms with Gasteiger partial charge in [-0.1, -0.05) is 47.5 Å². The molecule has 5 nitrogen and oxygen atoms in total. The highest BCUT2D eigenvalue weighted by Gasteiger charge is 2.25. The Balaban J connectivity index is 1.54. The molecule has 158 valence electrons. The van der Waals surface area contributed by atoms with Crippen molar-refractivity contribution in [3.63, 3.8) is 0 Å². The summed E-state index contributed by atoms with van der Waals surface area (Å²) in [5.74, 6) is -0.954. The number of nitrogens with one attached hydrogen (secondary N) is 1. The van der Waals surface area contributed by atoms with E-state index < -0.39 is 5.97 Å². The van der Waals surface area contributed by atoms with Crippen LogP contribution in [0.2, 0.25) is 0 Å². The third kappa shape index (κ3) is 4.61. The monoisotopic (exact) mass is 414 g/mol. The zero-order valence-electron chi connectivity index (χ0n) is 17.8. The van der Waals surface area contributed by atoms with Crippen LogP contribution in [-0.2, 0) is 0 Å². The van der Waals surface area contributed by atoms with Gasteiger partial charge in [-0.05, 0) is 56.2 Å². The molecule has 5 heteroatoms. The van der Waals surface area contributed by atoms with Crippen molar-refractivity contribution in [3.8, 4) is 0 Å². The van der Waals surface area contributed by atoms with Crippen LogP contribution in [0.1, 0.15) is 49.7 Å². The van der Waals surface area contributed by atoms with E-state index in [0.717, 1.165) is 30.8 Å². The van der Waals surface area contributed by atoms with Crippen molar-refractivity contribution in [1.82, 2.24) is 0 Å². The Kier molecular flexibility index (Phi) is 5.76. The minimum Gasteiger partial charge on any atom is -0.478 e. The molecule has 4 rings (SSSR count). The molecule has 0 radical (unpaired) electrons. The summed E-state index contributed by atoms with van der Waals surface area (Å²) in [4.78, 5) is 26.7. The Hall–Kier alpha value is -3.60. The van der Waals surface area contributed by atoms with Gasteiger partial charge in [0, 0.05) is 30.3 Å². The van der Waals surface area contributed by atoms with Crippen LogP contribution in [0.4, 0.5) is 11.4 Å². The highest BCUT2D eigenvalue weighted by molar-refractivity contribution is 6.08. The van der Waals surface area contributed by atoms with Crippen LogP contribution in [0.5, 0.6) is 0 Å². The molecule has 0 aliphatic carbocycles. The SMILES string of the molecule is Cc1cccc(C(=O)Nc2ccc(N3CCC(c4cccc(C)c4)C3)cc2C(=O)O)c1. The van der Waals surface area contributed by atoms with E-state index in [9.17, 15) is 14.7 Å². The quantitative estimate of drug-likeness (QED) is 0.598. The van der Waals surface area contributed by atoms with E-state index >= 15 is 0 Å². The number of hydrogen-bond donors (Lipinski definition) is 2. The number of nitrogens with zero attached hydrogens (tertiary/aromatic N) is 1. The molecule has 1 aliphatic heterocycles. The molecule has 0 aromatic heterocycles. The van der Waals surface area contributed by atoms with Gasteiger partial charge in [-0.3, -0.25) is 4.79 Å². The standard InChI is InChI=1S/C26H26N2O3/c1-17-5-3-7-19(13-17)21-11-12-28(16-21)22-9-10-24(23(15-22)26(30)31)27-25(29)20-8-4-6-18(2)14-20/h3-10,13-15,21H,11-12,16H2,1-2H3,(H,27,29)(H,30,31). The van der Waals surface area contributed by atoms with Crippen LogP contribution in [-0.4, -0.2) is 30.1 Å². The van der Waals surface area contributed by atoms with Crippen LogP contribution < -0.4 is 10.2 Å². The van der Waals surface area contributed by atoms with E-state index in [1.54, 1.807) is 24.3 Å². The second kappa shape index (κ2) is 8.64. The predicted octanol–water partition coefficient (Wildman–Crippen LogP) is 5.25. The van der Waals surface area contributed by atoms with Crippen molar-refractivity contribution in [3.05, 3.63) is 94.5 Å². The Morgan fingerprint density at radius 3 is 2.42 bits per heavy atom. The number of amides is 1. The van der Waals surface area contributed by atoms with E-state index in [1.807, 2.05) is 25.1 Å². The molecule has 0 bridgehead atoms. The molecule has 1 aliphatic rings. The van der Waals surface area contributed by atoms with Crippen molar-refractivity contribution < 1.29 is 14.7 Å². The average molecular weight is 415 g/mol. The van der Waals surface area contributed by atoms with E-state index in [1.165, 1.54) is 11.1 Å². The number of anilines is 2. The molecule has 1 fully saturated rings. The second-order valence-electron chi connectivity index (χ2n) is 8.20. The summed E-state index contributed by atoms with van der Waals surface area (Å²) in [6, 6.07) is 21.0. The van der Waals surface area contributed by atoms with Gasteiger partial charge in [-0.2, -0.15) is 0 Å². The molecular weight excluding hydrogens is 388 g/mol. The highest BCUT2D eigenvalue weighted by Crippen LogP contribution is 2.33. The Morgan fingerprint density at radius 2 is 1.71 bits per heavy atom. The van der Waals surface area contributed by atoms with E-state index in [2.05, 4.69) is 41.4 Å². The number of carbonyl (C=O) groups excluding carboxylic acids is 1. The summed E-state index contributed by atoms with van der Waals surface area (Å²) in [5.41, 5.74) is 5.30. The van der Waals surface area contributed by atoms with Crippen LogP contribution >= 0.6 is 0 Å². The van der Waals surface area contributed by atoms with Crippen molar-refractivity contribution >= 4 is 23.3 Å². The van der Waals surface area contributed by atoms with Gasteiger partial charge >= 0.3 is 5.97 Å². The summed E-state index contributed by atoms with van der Waals surface area (Å²) in [6.45, 7) is 5.72. The van der Waals surface area contributed by atoms with Crippen molar-refractivity contribution in [2.45, 2.75) is 26.2 Å². The number of aromatic carboxylic acids is 1. The Morgan fingerprint density at radius 1 is 0.968 bits per heavy atom. The average Bonchev–Trinajstić information content (AvgIpc) is 3.24. The Labute approximate surface area is 182 Å². The van der Waals surface area contributed by atoms with Gasteiger partial charge in [-0.25, -0.2) is 4.79 Å². The van der Waals surface area contributed by atoms with Gasteiger partial charge in [-0.15, -0.1) is 0 Å². The van der Waals surface area contributed by atoms with Gasteiger partial charge in [0.15, 0.2) is 0 Å². The minimum atomic E-state index is -1.06. The molecular formula is C26H26N2O3. The largest absolute Gasteiger partial charge is 0.478 e. The first-order valence-corrected chi connectivity index (χ1v) is 10.5. The van der Waals surface area contributed by atoms with E-state index in [4.69, 9.17) is 0 Å². The third-order valence-electron chi connectivity index (χ3n) is 5.83. The molecule has 3 aromatic carbocycles. The van der Waals surface area contributed by atoms with Crippen LogP contribution in [0.25, 0.3) is 0 Å². The fraction of sp³-hybridized carbons (Fsp3) is 0.231. The first-order valence-electron chi connectivity index (χ1n) is 10.5. The van der Waals surface area contributed by atoms with Crippen LogP contribution in [0.15, 0.2) is 66.7 Å². The fourth-order valence-corrected chi connectivity index (χ4v) is 4.19. The predicted molar refractivity (Wildman–Crippen MR) is 123 cm³/mol.